The van der Waals surface area contributed by atoms with Gasteiger partial charge in [0.15, 0.2) is 0 Å². The molecule has 0 spiro atoms. The van der Waals surface area contributed by atoms with Crippen molar-refractivity contribution in [1.29, 1.82) is 5.26 Å². The normalized spacial score (nSPS) is 14.2. The van der Waals surface area contributed by atoms with Gasteiger partial charge in [-0.15, -0.1) is 0 Å². The summed E-state index contributed by atoms with van der Waals surface area (Å²) in [6, 6.07) is 11.0. The highest BCUT2D eigenvalue weighted by Crippen LogP contribution is 2.22. The summed E-state index contributed by atoms with van der Waals surface area (Å²) in [5.74, 6) is 0.241. The van der Waals surface area contributed by atoms with Crippen LogP contribution in [0.2, 0.25) is 0 Å². The van der Waals surface area contributed by atoms with Gasteiger partial charge in [-0.05, 0) is 31.2 Å². The minimum atomic E-state index is -0.162. The van der Waals surface area contributed by atoms with Crippen LogP contribution in [-0.4, -0.2) is 44.4 Å². The molecule has 0 atom stereocenters. The number of nitriles is 1. The maximum atomic E-state index is 12.8. The molecule has 1 saturated heterocycles. The van der Waals surface area contributed by atoms with Crippen molar-refractivity contribution in [1.82, 2.24) is 19.3 Å². The molecule has 3 aromatic heterocycles. The number of aromatic nitrogens is 3. The van der Waals surface area contributed by atoms with Crippen molar-refractivity contribution in [3.05, 3.63) is 59.7 Å². The summed E-state index contributed by atoms with van der Waals surface area (Å²) in [5.41, 5.74) is 2.43. The minimum Gasteiger partial charge on any atom is -0.470 e. The molecule has 3 aromatic rings. The fourth-order valence-corrected chi connectivity index (χ4v) is 2.93. The summed E-state index contributed by atoms with van der Waals surface area (Å²) in [4.78, 5) is 23.0. The first-order chi connectivity index (χ1) is 12.2. The number of ether oxygens (including phenoxy) is 1. The third kappa shape index (κ3) is 2.58. The van der Waals surface area contributed by atoms with Crippen molar-refractivity contribution >= 4 is 11.6 Å². The first kappa shape index (κ1) is 15.1. The number of likely N-dealkylation sites (tertiary alicyclic amines) is 1. The van der Waals surface area contributed by atoms with Crippen molar-refractivity contribution in [3.8, 4) is 11.9 Å². The number of fused-ring (bicyclic) bond motifs is 1. The van der Waals surface area contributed by atoms with E-state index in [1.54, 1.807) is 27.6 Å². The lowest BCUT2D eigenvalue weighted by atomic mass is 10.1. The Kier molecular flexibility index (Phi) is 3.58. The van der Waals surface area contributed by atoms with Crippen LogP contribution in [0.1, 0.15) is 21.7 Å². The summed E-state index contributed by atoms with van der Waals surface area (Å²) >= 11 is 0. The minimum absolute atomic E-state index is 0.0717. The highest BCUT2D eigenvalue weighted by Gasteiger charge is 2.35. The Morgan fingerprint density at radius 3 is 2.96 bits per heavy atom. The predicted octanol–water partition coefficient (Wildman–Crippen LogP) is 1.81. The van der Waals surface area contributed by atoms with Crippen LogP contribution in [-0.2, 0) is 0 Å². The van der Waals surface area contributed by atoms with Crippen LogP contribution in [0.5, 0.6) is 5.88 Å². The van der Waals surface area contributed by atoms with Crippen molar-refractivity contribution in [2.24, 2.45) is 0 Å². The van der Waals surface area contributed by atoms with Crippen molar-refractivity contribution < 1.29 is 9.53 Å². The predicted molar refractivity (Wildman–Crippen MR) is 89.2 cm³/mol. The van der Waals surface area contributed by atoms with Crippen LogP contribution in [0.25, 0.3) is 5.65 Å². The van der Waals surface area contributed by atoms with Crippen LogP contribution in [0.3, 0.4) is 0 Å². The standard InChI is InChI=1S/C18H15N5O2/c1-12-16(23-8-3-2-6-15(23)21-12)18(24)22-10-14(11-22)25-17-13(9-19)5-4-7-20-17/h2-8,14H,10-11H2,1H3. The summed E-state index contributed by atoms with van der Waals surface area (Å²) in [7, 11) is 0. The van der Waals surface area contributed by atoms with E-state index >= 15 is 0 Å². The third-order valence-electron chi connectivity index (χ3n) is 4.21. The molecule has 7 nitrogen and oxygen atoms in total. The number of rotatable bonds is 3. The Bertz CT molecular complexity index is 998. The number of imidazole rings is 1. The molecule has 4 rings (SSSR count). The van der Waals surface area contributed by atoms with Crippen LogP contribution < -0.4 is 4.74 Å². The number of nitrogens with zero attached hydrogens (tertiary/aromatic N) is 5. The van der Waals surface area contributed by atoms with Gasteiger partial charge in [0.1, 0.15) is 29.1 Å². The fourth-order valence-electron chi connectivity index (χ4n) is 2.93. The fraction of sp³-hybridized carbons (Fsp3) is 0.222. The zero-order chi connectivity index (χ0) is 17.4. The number of hydrogen-bond donors (Lipinski definition) is 0. The number of hydrogen-bond acceptors (Lipinski definition) is 5. The summed E-state index contributed by atoms with van der Waals surface area (Å²) in [5, 5.41) is 9.07. The van der Waals surface area contributed by atoms with Gasteiger partial charge in [0, 0.05) is 12.4 Å². The smallest absolute Gasteiger partial charge is 0.273 e. The van der Waals surface area contributed by atoms with Crippen molar-refractivity contribution in [3.63, 3.8) is 0 Å². The van der Waals surface area contributed by atoms with Crippen LogP contribution in [0.4, 0.5) is 0 Å². The molecule has 0 unspecified atom stereocenters. The molecule has 1 fully saturated rings. The van der Waals surface area contributed by atoms with Gasteiger partial charge in [0.05, 0.1) is 18.8 Å². The first-order valence-electron chi connectivity index (χ1n) is 7.92. The lowest BCUT2D eigenvalue weighted by molar-refractivity contribution is 0.0153. The van der Waals surface area contributed by atoms with Crippen molar-refractivity contribution in [2.75, 3.05) is 13.1 Å². The molecule has 0 N–H and O–H groups in total. The molecule has 124 valence electrons. The molecule has 1 aliphatic heterocycles. The number of carbonyl (C=O) groups is 1. The maximum absolute atomic E-state index is 12.8. The monoisotopic (exact) mass is 333 g/mol. The average molecular weight is 333 g/mol. The number of amides is 1. The van der Waals surface area contributed by atoms with E-state index in [0.717, 1.165) is 5.65 Å². The molecule has 25 heavy (non-hydrogen) atoms. The van der Waals surface area contributed by atoms with Crippen LogP contribution in [0, 0.1) is 18.3 Å². The molecule has 0 aromatic carbocycles. The van der Waals surface area contributed by atoms with Crippen LogP contribution >= 0.6 is 0 Å². The van der Waals surface area contributed by atoms with Gasteiger partial charge in [-0.2, -0.15) is 5.26 Å². The molecular formula is C18H15N5O2. The summed E-state index contributed by atoms with van der Waals surface area (Å²) < 4.78 is 7.54. The second-order valence-corrected chi connectivity index (χ2v) is 5.89. The Morgan fingerprint density at radius 1 is 1.32 bits per heavy atom. The summed E-state index contributed by atoms with van der Waals surface area (Å²) in [6.07, 6.45) is 3.26. The molecule has 0 saturated carbocycles. The van der Waals surface area contributed by atoms with E-state index in [0.29, 0.717) is 35.9 Å². The van der Waals surface area contributed by atoms with Crippen molar-refractivity contribution in [2.45, 2.75) is 13.0 Å². The number of carbonyl (C=O) groups excluding carboxylic acids is 1. The molecule has 4 heterocycles. The zero-order valence-electron chi connectivity index (χ0n) is 13.6. The van der Waals surface area contributed by atoms with Gasteiger partial charge in [-0.1, -0.05) is 6.07 Å². The van der Waals surface area contributed by atoms with Gasteiger partial charge < -0.3 is 9.64 Å². The highest BCUT2D eigenvalue weighted by molar-refractivity contribution is 5.95. The molecule has 0 radical (unpaired) electrons. The van der Waals surface area contributed by atoms with E-state index in [9.17, 15) is 4.79 Å². The van der Waals surface area contributed by atoms with E-state index in [2.05, 4.69) is 16.0 Å². The van der Waals surface area contributed by atoms with Gasteiger partial charge in [0.2, 0.25) is 5.88 Å². The first-order valence-corrected chi connectivity index (χ1v) is 7.92. The lowest BCUT2D eigenvalue weighted by Gasteiger charge is -2.38. The Labute approximate surface area is 144 Å². The van der Waals surface area contributed by atoms with E-state index in [1.807, 2.05) is 31.3 Å². The highest BCUT2D eigenvalue weighted by atomic mass is 16.5. The number of pyridine rings is 2. The second kappa shape index (κ2) is 5.91. The van der Waals surface area contributed by atoms with Gasteiger partial charge in [-0.25, -0.2) is 9.97 Å². The Hall–Kier alpha value is -3.40. The van der Waals surface area contributed by atoms with Gasteiger partial charge in [0.25, 0.3) is 5.91 Å². The zero-order valence-corrected chi connectivity index (χ0v) is 13.6. The lowest BCUT2D eigenvalue weighted by Crippen LogP contribution is -2.56. The van der Waals surface area contributed by atoms with Gasteiger partial charge >= 0.3 is 0 Å². The molecule has 1 amide bonds. The van der Waals surface area contributed by atoms with Crippen LogP contribution in [0.15, 0.2) is 42.7 Å². The van der Waals surface area contributed by atoms with E-state index in [4.69, 9.17) is 10.00 Å². The SMILES string of the molecule is Cc1nc2ccccn2c1C(=O)N1CC(Oc2ncccc2C#N)C1. The molecular weight excluding hydrogens is 318 g/mol. The maximum Gasteiger partial charge on any atom is 0.273 e. The Balaban J connectivity index is 1.48. The average Bonchev–Trinajstić information content (AvgIpc) is 2.93. The Morgan fingerprint density at radius 2 is 2.16 bits per heavy atom. The second-order valence-electron chi connectivity index (χ2n) is 5.89. The van der Waals surface area contributed by atoms with Gasteiger partial charge in [-0.3, -0.25) is 9.20 Å². The topological polar surface area (TPSA) is 83.5 Å². The summed E-state index contributed by atoms with van der Waals surface area (Å²) in [6.45, 7) is 2.75. The molecule has 0 bridgehead atoms. The molecule has 1 aliphatic rings. The molecule has 7 heteroatoms. The van der Waals surface area contributed by atoms with E-state index in [-0.39, 0.29) is 12.0 Å². The van der Waals surface area contributed by atoms with E-state index < -0.39 is 0 Å². The number of aryl methyl sites for hydroxylation is 1. The molecule has 0 aliphatic carbocycles. The quantitative estimate of drug-likeness (QED) is 0.730. The van der Waals surface area contributed by atoms with E-state index in [1.165, 1.54) is 0 Å². The largest absolute Gasteiger partial charge is 0.470 e. The third-order valence-corrected chi connectivity index (χ3v) is 4.21.